The second-order valence-corrected chi connectivity index (χ2v) is 5.35. The average molecular weight is 303 g/mol. The van der Waals surface area contributed by atoms with Crippen molar-refractivity contribution in [1.82, 2.24) is 4.98 Å². The standard InChI is InChI=1S/C11H8F3N3O2S/c12-7-4-6(5-8(13)10(7)14)17-20(18,19)11-9(15)2-1-3-16-11/h1-5,17H,15H2. The molecule has 2 aromatic rings. The Morgan fingerprint density at radius 2 is 1.75 bits per heavy atom. The van der Waals surface area contributed by atoms with Gasteiger partial charge in [-0.05, 0) is 12.1 Å². The maximum atomic E-state index is 13.0. The molecular formula is C11H8F3N3O2S. The van der Waals surface area contributed by atoms with Crippen molar-refractivity contribution in [3.05, 3.63) is 47.9 Å². The predicted molar refractivity (Wildman–Crippen MR) is 65.8 cm³/mol. The van der Waals surface area contributed by atoms with Gasteiger partial charge in [0.05, 0.1) is 11.4 Å². The smallest absolute Gasteiger partial charge is 0.281 e. The van der Waals surface area contributed by atoms with Gasteiger partial charge in [-0.3, -0.25) is 4.72 Å². The van der Waals surface area contributed by atoms with Crippen LogP contribution in [0, 0.1) is 17.5 Å². The molecule has 3 N–H and O–H groups in total. The lowest BCUT2D eigenvalue weighted by atomic mass is 10.3. The van der Waals surface area contributed by atoms with E-state index in [9.17, 15) is 21.6 Å². The lowest BCUT2D eigenvalue weighted by Gasteiger charge is -2.09. The van der Waals surface area contributed by atoms with Crippen LogP contribution in [0.3, 0.4) is 0 Å². The molecule has 0 aliphatic carbocycles. The van der Waals surface area contributed by atoms with Crippen LogP contribution in [-0.4, -0.2) is 13.4 Å². The highest BCUT2D eigenvalue weighted by molar-refractivity contribution is 7.92. The highest BCUT2D eigenvalue weighted by Gasteiger charge is 2.20. The quantitative estimate of drug-likeness (QED) is 0.848. The summed E-state index contributed by atoms with van der Waals surface area (Å²) in [4.78, 5) is 3.57. The van der Waals surface area contributed by atoms with Crippen molar-refractivity contribution >= 4 is 21.4 Å². The SMILES string of the molecule is Nc1cccnc1S(=O)(=O)Nc1cc(F)c(F)c(F)c1. The van der Waals surface area contributed by atoms with Crippen LogP contribution in [0.4, 0.5) is 24.5 Å². The predicted octanol–water partition coefficient (Wildman–Crippen LogP) is 1.88. The van der Waals surface area contributed by atoms with Gasteiger partial charge >= 0.3 is 0 Å². The van der Waals surface area contributed by atoms with Crippen LogP contribution < -0.4 is 10.5 Å². The minimum absolute atomic E-state index is 0.136. The van der Waals surface area contributed by atoms with E-state index in [4.69, 9.17) is 5.73 Å². The van der Waals surface area contributed by atoms with Crippen molar-refractivity contribution in [2.24, 2.45) is 0 Å². The molecule has 0 unspecified atom stereocenters. The summed E-state index contributed by atoms with van der Waals surface area (Å²) in [6.07, 6.45) is 1.19. The molecule has 0 saturated carbocycles. The van der Waals surface area contributed by atoms with Gasteiger partial charge in [0.2, 0.25) is 0 Å². The number of pyridine rings is 1. The van der Waals surface area contributed by atoms with Crippen LogP contribution in [0.15, 0.2) is 35.5 Å². The Bertz CT molecular complexity index is 742. The molecule has 5 nitrogen and oxygen atoms in total. The van der Waals surface area contributed by atoms with Crippen LogP contribution in [0.2, 0.25) is 0 Å². The number of aromatic nitrogens is 1. The van der Waals surface area contributed by atoms with E-state index in [-0.39, 0.29) is 5.69 Å². The van der Waals surface area contributed by atoms with Crippen molar-refractivity contribution in [3.8, 4) is 0 Å². The fourth-order valence-corrected chi connectivity index (χ4v) is 2.55. The van der Waals surface area contributed by atoms with E-state index in [1.54, 1.807) is 0 Å². The summed E-state index contributed by atoms with van der Waals surface area (Å²) in [5, 5.41) is -0.495. The number of nitrogens with one attached hydrogen (secondary N) is 1. The molecule has 0 amide bonds. The third kappa shape index (κ3) is 2.67. The van der Waals surface area contributed by atoms with Crippen molar-refractivity contribution in [3.63, 3.8) is 0 Å². The molecule has 0 aliphatic rings. The molecule has 1 aromatic heterocycles. The molecule has 9 heteroatoms. The summed E-state index contributed by atoms with van der Waals surface area (Å²) < 4.78 is 64.5. The molecule has 0 radical (unpaired) electrons. The second-order valence-electron chi connectivity index (χ2n) is 3.76. The van der Waals surface area contributed by atoms with Gasteiger partial charge in [-0.2, -0.15) is 8.42 Å². The molecule has 106 valence electrons. The summed E-state index contributed by atoms with van der Waals surface area (Å²) in [7, 11) is -4.23. The summed E-state index contributed by atoms with van der Waals surface area (Å²) >= 11 is 0. The monoisotopic (exact) mass is 303 g/mol. The third-order valence-corrected chi connectivity index (χ3v) is 3.65. The molecule has 0 atom stereocenters. The summed E-state index contributed by atoms with van der Waals surface area (Å²) in [5.41, 5.74) is 4.84. The molecule has 0 spiro atoms. The van der Waals surface area contributed by atoms with Gasteiger partial charge in [0, 0.05) is 18.3 Å². The number of hydrogen-bond donors (Lipinski definition) is 2. The Kier molecular flexibility index (Phi) is 3.53. The molecular weight excluding hydrogens is 295 g/mol. The Morgan fingerprint density at radius 1 is 1.15 bits per heavy atom. The first-order valence-electron chi connectivity index (χ1n) is 5.19. The van der Waals surface area contributed by atoms with Crippen molar-refractivity contribution in [2.75, 3.05) is 10.5 Å². The molecule has 1 heterocycles. The Hall–Kier alpha value is -2.29. The molecule has 20 heavy (non-hydrogen) atoms. The van der Waals surface area contributed by atoms with Crippen molar-refractivity contribution in [1.29, 1.82) is 0 Å². The van der Waals surface area contributed by atoms with Gasteiger partial charge in [-0.1, -0.05) is 0 Å². The van der Waals surface area contributed by atoms with Crippen LogP contribution in [0.25, 0.3) is 0 Å². The molecule has 0 fully saturated rings. The van der Waals surface area contributed by atoms with Crippen LogP contribution in [0.1, 0.15) is 0 Å². The first-order valence-corrected chi connectivity index (χ1v) is 6.67. The third-order valence-electron chi connectivity index (χ3n) is 2.29. The van der Waals surface area contributed by atoms with E-state index in [0.717, 1.165) is 0 Å². The normalized spacial score (nSPS) is 11.3. The zero-order valence-corrected chi connectivity index (χ0v) is 10.6. The number of rotatable bonds is 3. The van der Waals surface area contributed by atoms with Crippen molar-refractivity contribution in [2.45, 2.75) is 5.03 Å². The number of benzene rings is 1. The highest BCUT2D eigenvalue weighted by atomic mass is 32.2. The fourth-order valence-electron chi connectivity index (χ4n) is 1.45. The van der Waals surface area contributed by atoms with E-state index in [1.165, 1.54) is 18.3 Å². The number of halogens is 3. The number of hydrogen-bond acceptors (Lipinski definition) is 4. The molecule has 2 rings (SSSR count). The van der Waals surface area contributed by atoms with E-state index >= 15 is 0 Å². The van der Waals surface area contributed by atoms with E-state index in [2.05, 4.69) is 4.98 Å². The number of anilines is 2. The Morgan fingerprint density at radius 3 is 2.30 bits per heavy atom. The van der Waals surface area contributed by atoms with E-state index in [1.807, 2.05) is 4.72 Å². The fraction of sp³-hybridized carbons (Fsp3) is 0. The van der Waals surface area contributed by atoms with E-state index in [0.29, 0.717) is 12.1 Å². The van der Waals surface area contributed by atoms with Gasteiger partial charge in [-0.25, -0.2) is 18.2 Å². The Balaban J connectivity index is 2.42. The maximum absolute atomic E-state index is 13.0. The molecule has 0 saturated heterocycles. The zero-order chi connectivity index (χ0) is 14.9. The number of nitrogen functional groups attached to an aromatic ring is 1. The largest absolute Gasteiger partial charge is 0.396 e. The minimum atomic E-state index is -4.23. The van der Waals surface area contributed by atoms with Gasteiger partial charge < -0.3 is 5.73 Å². The molecule has 1 aromatic carbocycles. The van der Waals surface area contributed by atoms with Crippen LogP contribution in [-0.2, 0) is 10.0 Å². The second kappa shape index (κ2) is 5.00. The topological polar surface area (TPSA) is 85.1 Å². The molecule has 0 bridgehead atoms. The first kappa shape index (κ1) is 14.1. The maximum Gasteiger partial charge on any atom is 0.281 e. The summed E-state index contributed by atoms with van der Waals surface area (Å²) in [6, 6.07) is 3.74. The minimum Gasteiger partial charge on any atom is -0.396 e. The zero-order valence-electron chi connectivity index (χ0n) is 9.77. The van der Waals surface area contributed by atoms with Gasteiger partial charge in [0.25, 0.3) is 10.0 Å². The molecule has 0 aliphatic heterocycles. The summed E-state index contributed by atoms with van der Waals surface area (Å²) in [5.74, 6) is -4.72. The van der Waals surface area contributed by atoms with Gasteiger partial charge in [0.1, 0.15) is 0 Å². The van der Waals surface area contributed by atoms with Gasteiger partial charge in [0.15, 0.2) is 22.5 Å². The van der Waals surface area contributed by atoms with Crippen LogP contribution >= 0.6 is 0 Å². The Labute approximate surface area is 112 Å². The highest BCUT2D eigenvalue weighted by Crippen LogP contribution is 2.22. The summed E-state index contributed by atoms with van der Waals surface area (Å²) in [6.45, 7) is 0. The van der Waals surface area contributed by atoms with Crippen molar-refractivity contribution < 1.29 is 21.6 Å². The number of nitrogens with zero attached hydrogens (tertiary/aromatic N) is 1. The van der Waals surface area contributed by atoms with E-state index < -0.39 is 38.2 Å². The lowest BCUT2D eigenvalue weighted by molar-refractivity contribution is 0.448. The number of nitrogens with two attached hydrogens (primary N) is 1. The van der Waals surface area contributed by atoms with Gasteiger partial charge in [-0.15, -0.1) is 0 Å². The van der Waals surface area contributed by atoms with Crippen LogP contribution in [0.5, 0.6) is 0 Å². The average Bonchev–Trinajstić information content (AvgIpc) is 2.35. The first-order chi connectivity index (χ1) is 9.31. The number of sulfonamides is 1. The lowest BCUT2D eigenvalue weighted by Crippen LogP contribution is -2.16.